The number of carbonyl (C=O) groups is 2. The number of halogens is 3. The first-order valence-electron chi connectivity index (χ1n) is 15.9. The second-order valence-corrected chi connectivity index (χ2v) is 12.6. The fourth-order valence-electron chi connectivity index (χ4n) is 5.38. The number of aryl methyl sites for hydroxylation is 1. The molecule has 0 saturated heterocycles. The molecule has 3 aromatic heterocycles. The molecule has 0 radical (unpaired) electrons. The molecule has 0 aliphatic carbocycles. The van der Waals surface area contributed by atoms with Crippen LogP contribution < -0.4 is 20.1 Å². The fourth-order valence-corrected chi connectivity index (χ4v) is 6.21. The molecule has 258 valence electrons. The second kappa shape index (κ2) is 16.1. The maximum Gasteiger partial charge on any atom is 0.251 e. The highest BCUT2D eigenvalue weighted by atomic mass is 35.5. The number of nitrogens with one attached hydrogen (secondary N) is 2. The van der Waals surface area contributed by atoms with E-state index in [4.69, 9.17) is 49.3 Å². The molecule has 0 bridgehead atoms. The van der Waals surface area contributed by atoms with Crippen LogP contribution in [-0.2, 0) is 24.6 Å². The molecule has 9 nitrogen and oxygen atoms in total. The van der Waals surface area contributed by atoms with E-state index in [1.165, 1.54) is 6.08 Å². The number of pyridine rings is 2. The van der Waals surface area contributed by atoms with E-state index in [1.54, 1.807) is 66.4 Å². The summed E-state index contributed by atoms with van der Waals surface area (Å²) in [6.07, 6.45) is 4.82. The lowest BCUT2D eigenvalue weighted by molar-refractivity contribution is -0.116. The van der Waals surface area contributed by atoms with Crippen LogP contribution >= 0.6 is 34.8 Å². The Morgan fingerprint density at radius 2 is 1.69 bits per heavy atom. The number of hydrogen-bond acceptors (Lipinski definition) is 6. The smallest absolute Gasteiger partial charge is 0.251 e. The number of benzene rings is 3. The third-order valence-electron chi connectivity index (χ3n) is 7.96. The highest BCUT2D eigenvalue weighted by molar-refractivity contribution is 6.37. The molecule has 2 N–H and O–H groups in total. The molecule has 51 heavy (non-hydrogen) atoms. The molecule has 0 aliphatic rings. The summed E-state index contributed by atoms with van der Waals surface area (Å²) < 4.78 is 14.2. The molecule has 0 aliphatic heterocycles. The van der Waals surface area contributed by atoms with Crippen LogP contribution in [0.3, 0.4) is 0 Å². The van der Waals surface area contributed by atoms with Crippen LogP contribution in [0.4, 0.5) is 0 Å². The zero-order valence-electron chi connectivity index (χ0n) is 27.6. The van der Waals surface area contributed by atoms with Crippen molar-refractivity contribution in [1.29, 1.82) is 0 Å². The topological polar surface area (TPSA) is 107 Å². The molecule has 6 aromatic rings. The van der Waals surface area contributed by atoms with Gasteiger partial charge in [-0.2, -0.15) is 0 Å². The van der Waals surface area contributed by atoms with Gasteiger partial charge in [0.2, 0.25) is 5.91 Å². The first kappa shape index (κ1) is 35.5. The van der Waals surface area contributed by atoms with Crippen LogP contribution in [0.25, 0.3) is 22.7 Å². The molecule has 0 fully saturated rings. The zero-order chi connectivity index (χ0) is 35.9. The summed E-state index contributed by atoms with van der Waals surface area (Å²) in [6.45, 7) is 2.42. The Bertz CT molecular complexity index is 2240. The van der Waals surface area contributed by atoms with E-state index >= 15 is 0 Å². The molecular weight excluding hydrogens is 709 g/mol. The minimum atomic E-state index is -0.310. The maximum absolute atomic E-state index is 12.7. The van der Waals surface area contributed by atoms with E-state index in [1.807, 2.05) is 55.5 Å². The van der Waals surface area contributed by atoms with Gasteiger partial charge in [-0.1, -0.05) is 59.1 Å². The Balaban J connectivity index is 1.18. The van der Waals surface area contributed by atoms with Crippen LogP contribution in [0.1, 0.15) is 38.6 Å². The maximum atomic E-state index is 12.7. The number of ether oxygens (including phenoxy) is 2. The van der Waals surface area contributed by atoms with Gasteiger partial charge >= 0.3 is 0 Å². The minimum Gasteiger partial charge on any atom is -0.487 e. The first-order valence-corrected chi connectivity index (χ1v) is 17.0. The predicted octanol–water partition coefficient (Wildman–Crippen LogP) is 8.54. The van der Waals surface area contributed by atoms with Crippen molar-refractivity contribution in [1.82, 2.24) is 25.2 Å². The largest absolute Gasteiger partial charge is 0.487 e. The third-order valence-corrected chi connectivity index (χ3v) is 9.03. The average molecular weight is 741 g/mol. The quantitative estimate of drug-likeness (QED) is 0.122. The number of aromatic nitrogens is 3. The van der Waals surface area contributed by atoms with Gasteiger partial charge in [-0.3, -0.25) is 14.6 Å². The summed E-state index contributed by atoms with van der Waals surface area (Å²) in [4.78, 5) is 33.6. The molecule has 0 saturated carbocycles. The van der Waals surface area contributed by atoms with Gasteiger partial charge in [-0.25, -0.2) is 4.98 Å². The Hall–Kier alpha value is -5.35. The number of rotatable bonds is 12. The summed E-state index contributed by atoms with van der Waals surface area (Å²) in [5.74, 6) is 0.713. The van der Waals surface area contributed by atoms with Gasteiger partial charge in [0.15, 0.2) is 0 Å². The Morgan fingerprint density at radius 3 is 2.45 bits per heavy atom. The van der Waals surface area contributed by atoms with Crippen LogP contribution in [0, 0.1) is 6.92 Å². The van der Waals surface area contributed by atoms with Crippen molar-refractivity contribution < 1.29 is 19.1 Å². The van der Waals surface area contributed by atoms with Crippen molar-refractivity contribution in [2.24, 2.45) is 0 Å². The normalized spacial score (nSPS) is 11.2. The third kappa shape index (κ3) is 8.35. The van der Waals surface area contributed by atoms with Crippen LogP contribution in [-0.4, -0.2) is 33.4 Å². The van der Waals surface area contributed by atoms with Crippen molar-refractivity contribution in [3.05, 3.63) is 152 Å². The molecule has 6 rings (SSSR count). The summed E-state index contributed by atoms with van der Waals surface area (Å²) in [6, 6.07) is 27.1. The van der Waals surface area contributed by atoms with Gasteiger partial charge in [0.05, 0.1) is 22.9 Å². The number of nitrogens with zero attached hydrogens (tertiary/aromatic N) is 3. The van der Waals surface area contributed by atoms with Crippen molar-refractivity contribution in [2.45, 2.75) is 26.7 Å². The fraction of sp³-hybridized carbons (Fsp3) is 0.128. The molecule has 2 amide bonds. The Kier molecular flexibility index (Phi) is 11.2. The zero-order valence-corrected chi connectivity index (χ0v) is 29.9. The second-order valence-electron chi connectivity index (χ2n) is 11.4. The van der Waals surface area contributed by atoms with Crippen molar-refractivity contribution in [3.8, 4) is 17.2 Å². The first-order chi connectivity index (χ1) is 24.7. The summed E-state index contributed by atoms with van der Waals surface area (Å²) in [7, 11) is 1.57. The molecule has 3 heterocycles. The number of para-hydroxylation sites is 1. The lowest BCUT2D eigenvalue weighted by Crippen LogP contribution is -2.22. The van der Waals surface area contributed by atoms with Crippen LogP contribution in [0.15, 0.2) is 103 Å². The van der Waals surface area contributed by atoms with E-state index in [9.17, 15) is 9.59 Å². The van der Waals surface area contributed by atoms with E-state index in [0.717, 1.165) is 22.3 Å². The molecule has 0 unspecified atom stereocenters. The van der Waals surface area contributed by atoms with Gasteiger partial charge in [-0.05, 0) is 79.2 Å². The summed E-state index contributed by atoms with van der Waals surface area (Å²) in [5.41, 5.74) is 5.34. The minimum absolute atomic E-state index is 0.0458. The van der Waals surface area contributed by atoms with E-state index in [0.29, 0.717) is 61.3 Å². The standard InChI is InChI=1S/C39H32Cl3N5O4/c1-24-20-34(50-22-27-6-3-4-19-44-27)29-7-5-8-33(38(29)46-24)51-23-30-31(40)15-16-32(37(30)42)47-28(14-17-35(47)41)21-45-36(48)18-11-25-9-12-26(13-10-25)39(49)43-2/h3-20H,21-23H2,1-2H3,(H,43,49)(H,45,48)/b18-11+. The summed E-state index contributed by atoms with van der Waals surface area (Å²) >= 11 is 20.3. The lowest BCUT2D eigenvalue weighted by atomic mass is 10.1. The molecule has 12 heteroatoms. The SMILES string of the molecule is CNC(=O)c1ccc(/C=C/C(=O)NCc2ccc(Cl)n2-c2ccc(Cl)c(COc3cccc4c(OCc5ccccn5)cc(C)nc34)c2Cl)cc1. The van der Waals surface area contributed by atoms with Crippen LogP contribution in [0.5, 0.6) is 11.5 Å². The number of amides is 2. The highest BCUT2D eigenvalue weighted by Crippen LogP contribution is 2.36. The molecular formula is C39H32Cl3N5O4. The molecule has 0 spiro atoms. The van der Waals surface area contributed by atoms with E-state index in [2.05, 4.69) is 15.6 Å². The summed E-state index contributed by atoms with van der Waals surface area (Å²) in [5, 5.41) is 7.41. The average Bonchev–Trinajstić information content (AvgIpc) is 3.51. The van der Waals surface area contributed by atoms with Gasteiger partial charge in [-0.15, -0.1) is 0 Å². The molecule has 3 aromatic carbocycles. The van der Waals surface area contributed by atoms with Crippen LogP contribution in [0.2, 0.25) is 15.2 Å². The van der Waals surface area contributed by atoms with Gasteiger partial charge in [0.1, 0.15) is 35.4 Å². The highest BCUT2D eigenvalue weighted by Gasteiger charge is 2.19. The Morgan fingerprint density at radius 1 is 0.882 bits per heavy atom. The van der Waals surface area contributed by atoms with Crippen molar-refractivity contribution in [2.75, 3.05) is 7.05 Å². The predicted molar refractivity (Wildman–Crippen MR) is 201 cm³/mol. The Labute approximate surface area is 309 Å². The van der Waals surface area contributed by atoms with Crippen molar-refractivity contribution >= 4 is 63.6 Å². The van der Waals surface area contributed by atoms with E-state index in [-0.39, 0.29) is 25.0 Å². The monoisotopic (exact) mass is 739 g/mol. The van der Waals surface area contributed by atoms with Gasteiger partial charge < -0.3 is 24.7 Å². The lowest BCUT2D eigenvalue weighted by Gasteiger charge is -2.17. The van der Waals surface area contributed by atoms with E-state index < -0.39 is 0 Å². The van der Waals surface area contributed by atoms with Gasteiger partial charge in [0, 0.05) is 58.3 Å². The van der Waals surface area contributed by atoms with Gasteiger partial charge in [0.25, 0.3) is 5.91 Å². The number of carbonyl (C=O) groups excluding carboxylic acids is 2. The number of hydrogen-bond donors (Lipinski definition) is 2. The molecule has 0 atom stereocenters. The van der Waals surface area contributed by atoms with Crippen molar-refractivity contribution in [3.63, 3.8) is 0 Å². The number of fused-ring (bicyclic) bond motifs is 1.